The Morgan fingerprint density at radius 1 is 0.880 bits per heavy atom. The second-order valence-corrected chi connectivity index (χ2v) is 6.43. The second kappa shape index (κ2) is 6.79. The Morgan fingerprint density at radius 3 is 2.36 bits per heavy atom. The predicted molar refractivity (Wildman–Crippen MR) is 99.3 cm³/mol. The fraction of sp³-hybridized carbons (Fsp3) is 0. The van der Waals surface area contributed by atoms with Crippen molar-refractivity contribution in [3.63, 3.8) is 0 Å². The molecule has 1 aliphatic rings. The number of cyclic esters (lactones) is 1. The van der Waals surface area contributed by atoms with E-state index in [0.29, 0.717) is 11.3 Å². The number of thiophene rings is 1. The fourth-order valence-electron chi connectivity index (χ4n) is 2.47. The van der Waals surface area contributed by atoms with E-state index in [4.69, 9.17) is 9.47 Å². The van der Waals surface area contributed by atoms with E-state index in [-0.39, 0.29) is 5.97 Å². The van der Waals surface area contributed by atoms with Crippen LogP contribution in [0.15, 0.2) is 83.8 Å². The highest BCUT2D eigenvalue weighted by Gasteiger charge is 2.22. The molecule has 122 valence electrons. The highest BCUT2D eigenvalue weighted by atomic mass is 32.1. The number of para-hydroxylation sites is 1. The Balaban J connectivity index is 1.53. The number of benzene rings is 2. The summed E-state index contributed by atoms with van der Waals surface area (Å²) in [5, 5.41) is 1.97. The van der Waals surface area contributed by atoms with Crippen molar-refractivity contribution >= 4 is 29.1 Å². The SMILES string of the molecule is O=C1OC(c2ccc(Oc3ccccc3)cc2)=C/C1=C\c1cccs1. The zero-order valence-corrected chi connectivity index (χ0v) is 14.0. The van der Waals surface area contributed by atoms with E-state index in [1.54, 1.807) is 17.4 Å². The summed E-state index contributed by atoms with van der Waals surface area (Å²) in [4.78, 5) is 13.1. The van der Waals surface area contributed by atoms with Crippen molar-refractivity contribution in [2.45, 2.75) is 0 Å². The molecule has 0 amide bonds. The van der Waals surface area contributed by atoms with Crippen LogP contribution in [0.25, 0.3) is 11.8 Å². The third-order valence-corrected chi connectivity index (χ3v) is 4.50. The van der Waals surface area contributed by atoms with E-state index in [9.17, 15) is 4.79 Å². The Hall–Kier alpha value is -3.11. The molecule has 4 rings (SSSR count). The first kappa shape index (κ1) is 15.4. The molecule has 0 unspecified atom stereocenters. The molecule has 0 atom stereocenters. The van der Waals surface area contributed by atoms with Crippen LogP contribution in [0.5, 0.6) is 11.5 Å². The zero-order valence-electron chi connectivity index (χ0n) is 13.2. The minimum absolute atomic E-state index is 0.326. The average Bonchev–Trinajstić information content (AvgIpc) is 3.27. The Morgan fingerprint density at radius 2 is 1.64 bits per heavy atom. The molecule has 1 aromatic heterocycles. The molecular formula is C21H14O3S. The van der Waals surface area contributed by atoms with Gasteiger partial charge in [-0.2, -0.15) is 0 Å². The predicted octanol–water partition coefficient (Wildman–Crippen LogP) is 5.52. The second-order valence-electron chi connectivity index (χ2n) is 5.45. The summed E-state index contributed by atoms with van der Waals surface area (Å²) in [7, 11) is 0. The maximum absolute atomic E-state index is 12.0. The molecule has 1 aliphatic heterocycles. The molecule has 0 radical (unpaired) electrons. The molecule has 0 N–H and O–H groups in total. The van der Waals surface area contributed by atoms with Gasteiger partial charge in [0.1, 0.15) is 17.3 Å². The van der Waals surface area contributed by atoms with E-state index in [1.807, 2.05) is 78.2 Å². The van der Waals surface area contributed by atoms with E-state index in [1.165, 1.54) is 0 Å². The van der Waals surface area contributed by atoms with E-state index < -0.39 is 0 Å². The van der Waals surface area contributed by atoms with Gasteiger partial charge in [0.25, 0.3) is 0 Å². The summed E-state index contributed by atoms with van der Waals surface area (Å²) in [6.07, 6.45) is 3.61. The molecule has 2 aromatic carbocycles. The highest BCUT2D eigenvalue weighted by Crippen LogP contribution is 2.30. The Labute approximate surface area is 149 Å². The lowest BCUT2D eigenvalue weighted by Gasteiger charge is -2.06. The van der Waals surface area contributed by atoms with Gasteiger partial charge in [0.15, 0.2) is 0 Å². The largest absolute Gasteiger partial charge is 0.457 e. The quantitative estimate of drug-likeness (QED) is 0.461. The summed E-state index contributed by atoms with van der Waals surface area (Å²) in [5.41, 5.74) is 1.39. The molecule has 0 fully saturated rings. The summed E-state index contributed by atoms with van der Waals surface area (Å²) in [6, 6.07) is 21.0. The van der Waals surface area contributed by atoms with Gasteiger partial charge < -0.3 is 9.47 Å². The van der Waals surface area contributed by atoms with E-state index in [2.05, 4.69) is 0 Å². The van der Waals surface area contributed by atoms with E-state index >= 15 is 0 Å². The number of rotatable bonds is 4. The summed E-state index contributed by atoms with van der Waals surface area (Å²) < 4.78 is 11.2. The van der Waals surface area contributed by atoms with Gasteiger partial charge in [0, 0.05) is 10.4 Å². The Kier molecular flexibility index (Phi) is 4.19. The maximum Gasteiger partial charge on any atom is 0.343 e. The van der Waals surface area contributed by atoms with Gasteiger partial charge in [0.2, 0.25) is 0 Å². The van der Waals surface area contributed by atoms with Crippen molar-refractivity contribution in [3.05, 3.63) is 94.2 Å². The minimum atomic E-state index is -0.326. The van der Waals surface area contributed by atoms with Crippen LogP contribution in [0.1, 0.15) is 10.4 Å². The first-order chi connectivity index (χ1) is 12.3. The third-order valence-electron chi connectivity index (χ3n) is 3.68. The van der Waals surface area contributed by atoms with Gasteiger partial charge in [-0.3, -0.25) is 0 Å². The van der Waals surface area contributed by atoms with Crippen molar-refractivity contribution < 1.29 is 14.3 Å². The monoisotopic (exact) mass is 346 g/mol. The molecule has 0 bridgehead atoms. The van der Waals surface area contributed by atoms with Crippen LogP contribution in [0.4, 0.5) is 0 Å². The smallest absolute Gasteiger partial charge is 0.343 e. The van der Waals surface area contributed by atoms with Crippen LogP contribution < -0.4 is 4.74 Å². The lowest BCUT2D eigenvalue weighted by molar-refractivity contribution is -0.130. The number of hydrogen-bond acceptors (Lipinski definition) is 4. The molecule has 0 saturated carbocycles. The molecule has 0 saturated heterocycles. The number of ether oxygens (including phenoxy) is 2. The number of carbonyl (C=O) groups is 1. The number of carbonyl (C=O) groups excluding carboxylic acids is 1. The molecular weight excluding hydrogens is 332 g/mol. The molecule has 3 aromatic rings. The highest BCUT2D eigenvalue weighted by molar-refractivity contribution is 7.10. The molecule has 0 aliphatic carbocycles. The van der Waals surface area contributed by atoms with Crippen LogP contribution in [0, 0.1) is 0 Å². The van der Waals surface area contributed by atoms with Gasteiger partial charge >= 0.3 is 5.97 Å². The summed E-state index contributed by atoms with van der Waals surface area (Å²) >= 11 is 1.58. The standard InChI is InChI=1S/C21H14O3S/c22-21-16(13-19-7-4-12-25-19)14-20(24-21)15-8-10-18(11-9-15)23-17-5-2-1-3-6-17/h1-14H/b16-13+. The van der Waals surface area contributed by atoms with Crippen molar-refractivity contribution in [1.82, 2.24) is 0 Å². The fourth-order valence-corrected chi connectivity index (χ4v) is 3.14. The average molecular weight is 346 g/mol. The lowest BCUT2D eigenvalue weighted by Crippen LogP contribution is -1.96. The lowest BCUT2D eigenvalue weighted by atomic mass is 10.1. The van der Waals surface area contributed by atoms with E-state index in [0.717, 1.165) is 21.9 Å². The van der Waals surface area contributed by atoms with Crippen LogP contribution >= 0.6 is 11.3 Å². The van der Waals surface area contributed by atoms with Crippen molar-refractivity contribution in [1.29, 1.82) is 0 Å². The van der Waals surface area contributed by atoms with Crippen LogP contribution in [-0.4, -0.2) is 5.97 Å². The molecule has 2 heterocycles. The first-order valence-corrected chi connectivity index (χ1v) is 8.68. The molecule has 3 nitrogen and oxygen atoms in total. The van der Waals surface area contributed by atoms with Crippen LogP contribution in [0.2, 0.25) is 0 Å². The van der Waals surface area contributed by atoms with Gasteiger partial charge in [-0.15, -0.1) is 11.3 Å². The van der Waals surface area contributed by atoms with Crippen molar-refractivity contribution in [2.75, 3.05) is 0 Å². The third kappa shape index (κ3) is 3.54. The van der Waals surface area contributed by atoms with Gasteiger partial charge in [-0.1, -0.05) is 24.3 Å². The molecule has 0 spiro atoms. The summed E-state index contributed by atoms with van der Waals surface area (Å²) in [6.45, 7) is 0. The van der Waals surface area contributed by atoms with Crippen LogP contribution in [0.3, 0.4) is 0 Å². The molecule has 4 heteroatoms. The van der Waals surface area contributed by atoms with Gasteiger partial charge in [-0.25, -0.2) is 4.79 Å². The van der Waals surface area contributed by atoms with Crippen molar-refractivity contribution in [2.24, 2.45) is 0 Å². The number of esters is 1. The normalized spacial score (nSPS) is 15.1. The van der Waals surface area contributed by atoms with Crippen molar-refractivity contribution in [3.8, 4) is 11.5 Å². The van der Waals surface area contributed by atoms with Gasteiger partial charge in [0.05, 0.1) is 5.57 Å². The maximum atomic E-state index is 12.0. The zero-order chi connectivity index (χ0) is 17.1. The Bertz CT molecular complexity index is 937. The topological polar surface area (TPSA) is 35.5 Å². The number of hydrogen-bond donors (Lipinski definition) is 0. The minimum Gasteiger partial charge on any atom is -0.457 e. The van der Waals surface area contributed by atoms with Crippen LogP contribution in [-0.2, 0) is 9.53 Å². The first-order valence-electron chi connectivity index (χ1n) is 7.80. The van der Waals surface area contributed by atoms with Gasteiger partial charge in [-0.05, 0) is 60.0 Å². The summed E-state index contributed by atoms with van der Waals surface area (Å²) in [5.74, 6) is 1.74. The molecule has 25 heavy (non-hydrogen) atoms.